The molecule has 1 fully saturated rings. The predicted molar refractivity (Wildman–Crippen MR) is 33.8 cm³/mol. The third-order valence-corrected chi connectivity index (χ3v) is 2.12. The van der Waals surface area contributed by atoms with Crippen molar-refractivity contribution in [3.05, 3.63) is 0 Å². The molecule has 0 radical (unpaired) electrons. The van der Waals surface area contributed by atoms with Crippen molar-refractivity contribution >= 4 is 0 Å². The SMILES string of the molecule is CCC1OC(C)C1C. The molecule has 0 aromatic heterocycles. The molecule has 0 saturated carbocycles. The van der Waals surface area contributed by atoms with Crippen LogP contribution in [0.1, 0.15) is 27.2 Å². The van der Waals surface area contributed by atoms with E-state index in [2.05, 4.69) is 20.8 Å². The van der Waals surface area contributed by atoms with Gasteiger partial charge in [-0.05, 0) is 13.3 Å². The van der Waals surface area contributed by atoms with Crippen molar-refractivity contribution in [2.45, 2.75) is 39.4 Å². The minimum absolute atomic E-state index is 0.514. The molecular formula is C7H14O. The Labute approximate surface area is 51.0 Å². The maximum atomic E-state index is 5.40. The van der Waals surface area contributed by atoms with Gasteiger partial charge in [0, 0.05) is 5.92 Å². The van der Waals surface area contributed by atoms with Gasteiger partial charge in [0.1, 0.15) is 0 Å². The zero-order chi connectivity index (χ0) is 6.15. The summed E-state index contributed by atoms with van der Waals surface area (Å²) in [6, 6.07) is 0. The molecule has 0 amide bonds. The monoisotopic (exact) mass is 114 g/mol. The van der Waals surface area contributed by atoms with Crippen molar-refractivity contribution in [1.29, 1.82) is 0 Å². The first-order valence-electron chi connectivity index (χ1n) is 3.41. The second-order valence-electron chi connectivity index (χ2n) is 2.65. The number of hydrogen-bond acceptors (Lipinski definition) is 1. The van der Waals surface area contributed by atoms with E-state index in [-0.39, 0.29) is 0 Å². The van der Waals surface area contributed by atoms with Crippen molar-refractivity contribution in [1.82, 2.24) is 0 Å². The quantitative estimate of drug-likeness (QED) is 0.505. The maximum absolute atomic E-state index is 5.40. The standard InChI is InChI=1S/C7H14O/c1-4-7-5(2)6(3)8-7/h5-7H,4H2,1-3H3. The summed E-state index contributed by atoms with van der Waals surface area (Å²) < 4.78 is 5.40. The molecule has 1 aliphatic heterocycles. The Morgan fingerprint density at radius 3 is 2.12 bits per heavy atom. The number of hydrogen-bond donors (Lipinski definition) is 0. The van der Waals surface area contributed by atoms with E-state index in [9.17, 15) is 0 Å². The lowest BCUT2D eigenvalue weighted by Crippen LogP contribution is -2.44. The van der Waals surface area contributed by atoms with Crippen molar-refractivity contribution in [2.75, 3.05) is 0 Å². The summed E-state index contributed by atoms with van der Waals surface area (Å²) in [5.74, 6) is 0.792. The maximum Gasteiger partial charge on any atom is 0.0626 e. The van der Waals surface area contributed by atoms with Crippen LogP contribution >= 0.6 is 0 Å². The van der Waals surface area contributed by atoms with Gasteiger partial charge in [-0.25, -0.2) is 0 Å². The van der Waals surface area contributed by atoms with Gasteiger partial charge >= 0.3 is 0 Å². The normalized spacial score (nSPS) is 46.1. The number of ether oxygens (including phenoxy) is 1. The molecule has 0 aromatic carbocycles. The average molecular weight is 114 g/mol. The highest BCUT2D eigenvalue weighted by molar-refractivity contribution is 4.80. The van der Waals surface area contributed by atoms with Gasteiger partial charge in [0.15, 0.2) is 0 Å². The van der Waals surface area contributed by atoms with Gasteiger partial charge in [0.2, 0.25) is 0 Å². The van der Waals surface area contributed by atoms with Gasteiger partial charge in [-0.2, -0.15) is 0 Å². The number of rotatable bonds is 1. The highest BCUT2D eigenvalue weighted by atomic mass is 16.5. The van der Waals surface area contributed by atoms with Crippen LogP contribution in [0.2, 0.25) is 0 Å². The lowest BCUT2D eigenvalue weighted by molar-refractivity contribution is -0.167. The molecule has 1 heterocycles. The van der Waals surface area contributed by atoms with Gasteiger partial charge in [-0.3, -0.25) is 0 Å². The molecule has 3 unspecified atom stereocenters. The Morgan fingerprint density at radius 1 is 1.38 bits per heavy atom. The summed E-state index contributed by atoms with van der Waals surface area (Å²) in [4.78, 5) is 0. The van der Waals surface area contributed by atoms with Crippen LogP contribution in [0.4, 0.5) is 0 Å². The van der Waals surface area contributed by atoms with Gasteiger partial charge < -0.3 is 4.74 Å². The third-order valence-electron chi connectivity index (χ3n) is 2.12. The fourth-order valence-electron chi connectivity index (χ4n) is 1.20. The minimum atomic E-state index is 0.514. The molecule has 3 atom stereocenters. The molecule has 0 aliphatic carbocycles. The van der Waals surface area contributed by atoms with Gasteiger partial charge in [0.25, 0.3) is 0 Å². The first-order chi connectivity index (χ1) is 3.75. The summed E-state index contributed by atoms with van der Waals surface area (Å²) in [7, 11) is 0. The molecule has 1 rings (SSSR count). The highest BCUT2D eigenvalue weighted by Crippen LogP contribution is 2.29. The van der Waals surface area contributed by atoms with E-state index in [1.165, 1.54) is 6.42 Å². The van der Waals surface area contributed by atoms with Gasteiger partial charge in [0.05, 0.1) is 12.2 Å². The zero-order valence-electron chi connectivity index (χ0n) is 5.85. The van der Waals surface area contributed by atoms with Crippen LogP contribution < -0.4 is 0 Å². The van der Waals surface area contributed by atoms with Crippen LogP contribution in [0, 0.1) is 5.92 Å². The molecule has 1 heteroatoms. The molecule has 0 aromatic rings. The van der Waals surface area contributed by atoms with Crippen LogP contribution in [0.5, 0.6) is 0 Å². The Balaban J connectivity index is 2.25. The fraction of sp³-hybridized carbons (Fsp3) is 1.00. The Bertz CT molecular complexity index is 80.5. The summed E-state index contributed by atoms with van der Waals surface area (Å²) in [6.07, 6.45) is 2.25. The second kappa shape index (κ2) is 2.06. The summed E-state index contributed by atoms with van der Waals surface area (Å²) in [5.41, 5.74) is 0. The Hall–Kier alpha value is -0.0400. The fourth-order valence-corrected chi connectivity index (χ4v) is 1.20. The largest absolute Gasteiger partial charge is 0.375 e. The van der Waals surface area contributed by atoms with Crippen molar-refractivity contribution in [3.63, 3.8) is 0 Å². The van der Waals surface area contributed by atoms with Crippen molar-refractivity contribution in [2.24, 2.45) is 5.92 Å². The molecule has 0 N–H and O–H groups in total. The third kappa shape index (κ3) is 0.752. The Kier molecular flexibility index (Phi) is 1.57. The van der Waals surface area contributed by atoms with E-state index in [1.807, 2.05) is 0 Å². The molecule has 8 heavy (non-hydrogen) atoms. The molecule has 1 saturated heterocycles. The Morgan fingerprint density at radius 2 is 2.00 bits per heavy atom. The van der Waals surface area contributed by atoms with Crippen LogP contribution in [-0.4, -0.2) is 12.2 Å². The lowest BCUT2D eigenvalue weighted by atomic mass is 9.91. The van der Waals surface area contributed by atoms with Crippen molar-refractivity contribution in [3.8, 4) is 0 Å². The van der Waals surface area contributed by atoms with E-state index in [1.54, 1.807) is 0 Å². The highest BCUT2D eigenvalue weighted by Gasteiger charge is 2.33. The first-order valence-corrected chi connectivity index (χ1v) is 3.41. The predicted octanol–water partition coefficient (Wildman–Crippen LogP) is 1.82. The van der Waals surface area contributed by atoms with Gasteiger partial charge in [-0.1, -0.05) is 13.8 Å². The van der Waals surface area contributed by atoms with E-state index in [4.69, 9.17) is 4.74 Å². The topological polar surface area (TPSA) is 9.23 Å². The molecule has 48 valence electrons. The minimum Gasteiger partial charge on any atom is -0.375 e. The van der Waals surface area contributed by atoms with Crippen LogP contribution in [0.15, 0.2) is 0 Å². The van der Waals surface area contributed by atoms with Gasteiger partial charge in [-0.15, -0.1) is 0 Å². The molecular weight excluding hydrogens is 100 g/mol. The zero-order valence-corrected chi connectivity index (χ0v) is 5.85. The van der Waals surface area contributed by atoms with Crippen LogP contribution in [-0.2, 0) is 4.74 Å². The molecule has 0 spiro atoms. The lowest BCUT2D eigenvalue weighted by Gasteiger charge is -2.40. The molecule has 0 bridgehead atoms. The van der Waals surface area contributed by atoms with Crippen LogP contribution in [0.3, 0.4) is 0 Å². The van der Waals surface area contributed by atoms with E-state index in [0.29, 0.717) is 12.2 Å². The molecule has 1 aliphatic rings. The summed E-state index contributed by atoms with van der Waals surface area (Å²) in [5, 5.41) is 0. The first kappa shape index (κ1) is 6.09. The van der Waals surface area contributed by atoms with E-state index < -0.39 is 0 Å². The summed E-state index contributed by atoms with van der Waals surface area (Å²) in [6.45, 7) is 6.56. The van der Waals surface area contributed by atoms with Crippen LogP contribution in [0.25, 0.3) is 0 Å². The summed E-state index contributed by atoms with van der Waals surface area (Å²) >= 11 is 0. The van der Waals surface area contributed by atoms with E-state index in [0.717, 1.165) is 5.92 Å². The van der Waals surface area contributed by atoms with E-state index >= 15 is 0 Å². The van der Waals surface area contributed by atoms with Crippen molar-refractivity contribution < 1.29 is 4.74 Å². The average Bonchev–Trinajstić information content (AvgIpc) is 1.81. The molecule has 1 nitrogen and oxygen atoms in total. The smallest absolute Gasteiger partial charge is 0.0626 e. The second-order valence-corrected chi connectivity index (χ2v) is 2.65.